The van der Waals surface area contributed by atoms with Gasteiger partial charge in [-0.1, -0.05) is 37.1 Å². The Kier molecular flexibility index (Phi) is 5.91. The second kappa shape index (κ2) is 9.02. The molecule has 2 N–H and O–H groups in total. The molecule has 0 radical (unpaired) electrons. The van der Waals surface area contributed by atoms with Crippen molar-refractivity contribution >= 4 is 16.8 Å². The monoisotopic (exact) mass is 464 g/mol. The lowest BCUT2D eigenvalue weighted by molar-refractivity contribution is 0.0718. The highest BCUT2D eigenvalue weighted by atomic mass is 19.2. The molecule has 34 heavy (non-hydrogen) atoms. The molecule has 0 spiro atoms. The van der Waals surface area contributed by atoms with E-state index >= 15 is 0 Å². The van der Waals surface area contributed by atoms with Crippen LogP contribution in [0.5, 0.6) is 0 Å². The number of halogens is 2. The molecule has 0 unspecified atom stereocenters. The summed E-state index contributed by atoms with van der Waals surface area (Å²) in [6.45, 7) is 0.383. The maximum absolute atomic E-state index is 14.8. The zero-order valence-electron chi connectivity index (χ0n) is 18.8. The van der Waals surface area contributed by atoms with Crippen LogP contribution in [0.4, 0.5) is 8.78 Å². The normalized spacial score (nSPS) is 18.4. The Morgan fingerprint density at radius 3 is 2.56 bits per heavy atom. The van der Waals surface area contributed by atoms with Gasteiger partial charge in [-0.3, -0.25) is 9.48 Å². The molecule has 8 heteroatoms. The van der Waals surface area contributed by atoms with Crippen molar-refractivity contribution in [1.82, 2.24) is 19.7 Å². The number of aryl methyl sites for hydroxylation is 1. The number of aliphatic hydroxyl groups excluding tert-OH is 1. The number of hydrogen-bond acceptors (Lipinski definition) is 3. The van der Waals surface area contributed by atoms with Crippen LogP contribution in [0, 0.1) is 11.6 Å². The summed E-state index contributed by atoms with van der Waals surface area (Å²) in [4.78, 5) is 13.1. The van der Waals surface area contributed by atoms with Gasteiger partial charge in [0.15, 0.2) is 11.6 Å². The van der Waals surface area contributed by atoms with E-state index < -0.39 is 29.7 Å². The van der Waals surface area contributed by atoms with Crippen molar-refractivity contribution < 1.29 is 18.7 Å². The minimum absolute atomic E-state index is 0.0465. The van der Waals surface area contributed by atoms with Gasteiger partial charge in [-0.25, -0.2) is 8.78 Å². The first-order chi connectivity index (χ1) is 16.4. The smallest absolute Gasteiger partial charge is 0.253 e. The van der Waals surface area contributed by atoms with Crippen molar-refractivity contribution in [1.29, 1.82) is 0 Å². The first kappa shape index (κ1) is 22.3. The largest absolute Gasteiger partial charge is 0.391 e. The van der Waals surface area contributed by atoms with Crippen LogP contribution >= 0.6 is 0 Å². The number of amides is 1. The number of carbonyl (C=O) groups excluding carboxylic acids is 1. The van der Waals surface area contributed by atoms with Crippen LogP contribution in [-0.4, -0.2) is 37.5 Å². The molecule has 2 atom stereocenters. The summed E-state index contributed by atoms with van der Waals surface area (Å²) < 4.78 is 32.4. The SMILES string of the molecule is Cn1cc(-c2ccc(Cn3cc(C(=O)N[C@H]4CCCC[C@@H]4O)c4c(F)c(F)ccc43)cc2)cn1. The number of nitrogens with one attached hydrogen (secondary N) is 1. The van der Waals surface area contributed by atoms with Gasteiger partial charge in [0, 0.05) is 31.5 Å². The maximum atomic E-state index is 14.8. The number of benzene rings is 2. The third kappa shape index (κ3) is 4.21. The summed E-state index contributed by atoms with van der Waals surface area (Å²) in [6.07, 6.45) is 7.74. The molecule has 6 nitrogen and oxygen atoms in total. The predicted molar refractivity (Wildman–Crippen MR) is 125 cm³/mol. The molecule has 1 amide bonds. The minimum atomic E-state index is -1.04. The number of carbonyl (C=O) groups is 1. The molecule has 176 valence electrons. The van der Waals surface area contributed by atoms with Crippen molar-refractivity contribution in [3.63, 3.8) is 0 Å². The van der Waals surface area contributed by atoms with E-state index in [1.807, 2.05) is 37.5 Å². The molecule has 1 saturated carbocycles. The number of hydrogen-bond donors (Lipinski definition) is 2. The fourth-order valence-corrected chi connectivity index (χ4v) is 4.72. The van der Waals surface area contributed by atoms with Crippen molar-refractivity contribution in [2.45, 2.75) is 44.4 Å². The predicted octanol–water partition coefficient (Wildman–Crippen LogP) is 4.40. The molecule has 0 saturated heterocycles. The number of fused-ring (bicyclic) bond motifs is 1. The Labute approximate surface area is 195 Å². The van der Waals surface area contributed by atoms with Gasteiger partial charge in [-0.2, -0.15) is 5.10 Å². The van der Waals surface area contributed by atoms with Crippen molar-refractivity contribution in [2.24, 2.45) is 7.05 Å². The summed E-state index contributed by atoms with van der Waals surface area (Å²) in [5, 5.41) is 17.2. The highest BCUT2D eigenvalue weighted by Gasteiger charge is 2.27. The van der Waals surface area contributed by atoms with E-state index in [1.165, 1.54) is 6.07 Å². The third-order valence-electron chi connectivity index (χ3n) is 6.57. The number of rotatable bonds is 5. The van der Waals surface area contributed by atoms with E-state index in [0.29, 0.717) is 24.9 Å². The van der Waals surface area contributed by atoms with Gasteiger partial charge in [0.05, 0.1) is 34.8 Å². The van der Waals surface area contributed by atoms with E-state index in [9.17, 15) is 18.7 Å². The molecular formula is C26H26F2N4O2. The molecule has 0 bridgehead atoms. The van der Waals surface area contributed by atoms with Crippen LogP contribution in [0.1, 0.15) is 41.6 Å². The first-order valence-corrected chi connectivity index (χ1v) is 11.4. The topological polar surface area (TPSA) is 72.1 Å². The zero-order chi connectivity index (χ0) is 23.8. The van der Waals surface area contributed by atoms with Gasteiger partial charge >= 0.3 is 0 Å². The fraction of sp³-hybridized carbons (Fsp3) is 0.308. The van der Waals surface area contributed by atoms with Crippen LogP contribution in [0.15, 0.2) is 55.0 Å². The molecule has 5 rings (SSSR count). The summed E-state index contributed by atoms with van der Waals surface area (Å²) in [5.74, 6) is -2.55. The molecule has 0 aliphatic heterocycles. The Morgan fingerprint density at radius 1 is 1.09 bits per heavy atom. The van der Waals surface area contributed by atoms with Crippen LogP contribution in [0.25, 0.3) is 22.0 Å². The number of aromatic nitrogens is 3. The van der Waals surface area contributed by atoms with Crippen molar-refractivity contribution in [2.75, 3.05) is 0 Å². The van der Waals surface area contributed by atoms with E-state index in [1.54, 1.807) is 21.6 Å². The second-order valence-corrected chi connectivity index (χ2v) is 8.96. The van der Waals surface area contributed by atoms with Gasteiger partial charge < -0.3 is 15.0 Å². The Hall–Kier alpha value is -3.52. The second-order valence-electron chi connectivity index (χ2n) is 8.96. The summed E-state index contributed by atoms with van der Waals surface area (Å²) in [5.41, 5.74) is 3.47. The van der Waals surface area contributed by atoms with Crippen LogP contribution in [-0.2, 0) is 13.6 Å². The third-order valence-corrected chi connectivity index (χ3v) is 6.57. The quantitative estimate of drug-likeness (QED) is 0.460. The van der Waals surface area contributed by atoms with E-state index in [0.717, 1.165) is 35.6 Å². The van der Waals surface area contributed by atoms with Gasteiger partial charge in [-0.05, 0) is 36.1 Å². The standard InChI is InChI=1S/C26H26F2N4O2/c1-31-14-18(12-29-31)17-8-6-16(7-9-17)13-32-15-19(24-22(32)11-10-20(27)25(24)28)26(34)30-21-4-2-3-5-23(21)33/h6-12,14-15,21,23,33H,2-5,13H2,1H3,(H,30,34)/t21-,23-/m0/s1. The molecule has 1 aliphatic rings. The lowest BCUT2D eigenvalue weighted by Crippen LogP contribution is -2.45. The molecule has 1 aliphatic carbocycles. The first-order valence-electron chi connectivity index (χ1n) is 11.4. The zero-order valence-corrected chi connectivity index (χ0v) is 18.8. The highest BCUT2D eigenvalue weighted by Crippen LogP contribution is 2.28. The molecule has 1 fully saturated rings. The highest BCUT2D eigenvalue weighted by molar-refractivity contribution is 6.07. The molecule has 2 heterocycles. The lowest BCUT2D eigenvalue weighted by atomic mass is 9.92. The van der Waals surface area contributed by atoms with Crippen molar-refractivity contribution in [3.8, 4) is 11.1 Å². The Morgan fingerprint density at radius 2 is 1.85 bits per heavy atom. The lowest BCUT2D eigenvalue weighted by Gasteiger charge is -2.28. The number of nitrogens with zero attached hydrogens (tertiary/aromatic N) is 3. The van der Waals surface area contributed by atoms with Crippen LogP contribution in [0.2, 0.25) is 0 Å². The molecule has 2 aromatic carbocycles. The van der Waals surface area contributed by atoms with Gasteiger partial charge in [0.25, 0.3) is 5.91 Å². The Bertz CT molecular complexity index is 1340. The van der Waals surface area contributed by atoms with E-state index in [4.69, 9.17) is 0 Å². The number of aliphatic hydroxyl groups is 1. The van der Waals surface area contributed by atoms with Gasteiger partial charge in [0.2, 0.25) is 0 Å². The van der Waals surface area contributed by atoms with Crippen LogP contribution in [0.3, 0.4) is 0 Å². The van der Waals surface area contributed by atoms with E-state index in [-0.39, 0.29) is 10.9 Å². The maximum Gasteiger partial charge on any atom is 0.253 e. The summed E-state index contributed by atoms with van der Waals surface area (Å²) in [6, 6.07) is 10.1. The summed E-state index contributed by atoms with van der Waals surface area (Å²) >= 11 is 0. The van der Waals surface area contributed by atoms with Gasteiger partial charge in [-0.15, -0.1) is 0 Å². The van der Waals surface area contributed by atoms with Gasteiger partial charge in [0.1, 0.15) is 0 Å². The van der Waals surface area contributed by atoms with Crippen LogP contribution < -0.4 is 5.32 Å². The average molecular weight is 465 g/mol. The van der Waals surface area contributed by atoms with E-state index in [2.05, 4.69) is 10.4 Å². The van der Waals surface area contributed by atoms with Crippen molar-refractivity contribution in [3.05, 3.63) is 77.8 Å². The molecule has 2 aromatic heterocycles. The fourth-order valence-electron chi connectivity index (χ4n) is 4.72. The Balaban J connectivity index is 1.46. The molecule has 4 aromatic rings. The average Bonchev–Trinajstić information content (AvgIpc) is 3.42. The summed E-state index contributed by atoms with van der Waals surface area (Å²) in [7, 11) is 1.86. The molecular weight excluding hydrogens is 438 g/mol. The minimum Gasteiger partial charge on any atom is -0.391 e.